The fourth-order valence-electron chi connectivity index (χ4n) is 1.15. The first kappa shape index (κ1) is 8.51. The SMILES string of the molecule is Cc1ccc(Cn2cnc(C#N)n2)o1. The van der Waals surface area contributed by atoms with E-state index in [9.17, 15) is 0 Å². The number of hydrogen-bond donors (Lipinski definition) is 0. The van der Waals surface area contributed by atoms with Crippen LogP contribution < -0.4 is 0 Å². The molecule has 0 N–H and O–H groups in total. The van der Waals surface area contributed by atoms with E-state index in [0.717, 1.165) is 11.5 Å². The van der Waals surface area contributed by atoms with Crippen LogP contribution in [0.5, 0.6) is 0 Å². The van der Waals surface area contributed by atoms with Gasteiger partial charge in [-0.05, 0) is 19.1 Å². The summed E-state index contributed by atoms with van der Waals surface area (Å²) in [5, 5.41) is 12.4. The lowest BCUT2D eigenvalue weighted by molar-refractivity contribution is 0.458. The molecular weight excluding hydrogens is 180 g/mol. The second-order valence-corrected chi connectivity index (χ2v) is 2.89. The largest absolute Gasteiger partial charge is 0.464 e. The van der Waals surface area contributed by atoms with Crippen molar-refractivity contribution in [2.24, 2.45) is 0 Å². The number of hydrogen-bond acceptors (Lipinski definition) is 4. The van der Waals surface area contributed by atoms with E-state index in [2.05, 4.69) is 10.1 Å². The van der Waals surface area contributed by atoms with Gasteiger partial charge in [0.25, 0.3) is 5.82 Å². The lowest BCUT2D eigenvalue weighted by Crippen LogP contribution is -1.99. The Morgan fingerprint density at radius 1 is 1.57 bits per heavy atom. The third kappa shape index (κ3) is 1.64. The number of rotatable bonds is 2. The van der Waals surface area contributed by atoms with Crippen LogP contribution in [0.4, 0.5) is 0 Å². The summed E-state index contributed by atoms with van der Waals surface area (Å²) in [4.78, 5) is 3.79. The summed E-state index contributed by atoms with van der Waals surface area (Å²) < 4.78 is 6.93. The third-order valence-corrected chi connectivity index (χ3v) is 1.75. The van der Waals surface area contributed by atoms with Crippen molar-refractivity contribution in [2.45, 2.75) is 13.5 Å². The van der Waals surface area contributed by atoms with Gasteiger partial charge in [0.1, 0.15) is 30.5 Å². The molecule has 2 aromatic rings. The van der Waals surface area contributed by atoms with Crippen LogP contribution >= 0.6 is 0 Å². The first-order chi connectivity index (χ1) is 6.78. The first-order valence-corrected chi connectivity index (χ1v) is 4.13. The van der Waals surface area contributed by atoms with E-state index in [1.54, 1.807) is 4.68 Å². The molecule has 0 fully saturated rings. The molecule has 0 aliphatic carbocycles. The highest BCUT2D eigenvalue weighted by molar-refractivity contribution is 5.08. The predicted molar refractivity (Wildman–Crippen MR) is 47.3 cm³/mol. The lowest BCUT2D eigenvalue weighted by atomic mass is 10.4. The Hall–Kier alpha value is -2.09. The van der Waals surface area contributed by atoms with Gasteiger partial charge in [0, 0.05) is 0 Å². The van der Waals surface area contributed by atoms with Gasteiger partial charge in [-0.2, -0.15) is 5.26 Å². The Morgan fingerprint density at radius 3 is 3.00 bits per heavy atom. The van der Waals surface area contributed by atoms with Gasteiger partial charge in [-0.25, -0.2) is 9.67 Å². The summed E-state index contributed by atoms with van der Waals surface area (Å²) >= 11 is 0. The molecule has 0 spiro atoms. The average molecular weight is 188 g/mol. The normalized spacial score (nSPS) is 10.0. The van der Waals surface area contributed by atoms with E-state index < -0.39 is 0 Å². The fourth-order valence-corrected chi connectivity index (χ4v) is 1.15. The molecule has 0 unspecified atom stereocenters. The molecule has 2 heterocycles. The highest BCUT2D eigenvalue weighted by Crippen LogP contribution is 2.07. The van der Waals surface area contributed by atoms with Gasteiger partial charge in [-0.3, -0.25) is 0 Å². The van der Waals surface area contributed by atoms with E-state index in [-0.39, 0.29) is 5.82 Å². The van der Waals surface area contributed by atoms with E-state index >= 15 is 0 Å². The maximum absolute atomic E-state index is 8.51. The highest BCUT2D eigenvalue weighted by Gasteiger charge is 2.02. The topological polar surface area (TPSA) is 67.6 Å². The summed E-state index contributed by atoms with van der Waals surface area (Å²) in [5.74, 6) is 1.84. The summed E-state index contributed by atoms with van der Waals surface area (Å²) in [6.07, 6.45) is 1.51. The summed E-state index contributed by atoms with van der Waals surface area (Å²) in [5.41, 5.74) is 0. The predicted octanol–water partition coefficient (Wildman–Crippen LogP) is 1.10. The fraction of sp³-hybridized carbons (Fsp3) is 0.222. The quantitative estimate of drug-likeness (QED) is 0.707. The van der Waals surface area contributed by atoms with Crippen LogP contribution in [0, 0.1) is 18.3 Å². The zero-order chi connectivity index (χ0) is 9.97. The smallest absolute Gasteiger partial charge is 0.252 e. The van der Waals surface area contributed by atoms with Gasteiger partial charge >= 0.3 is 0 Å². The van der Waals surface area contributed by atoms with Crippen molar-refractivity contribution in [3.8, 4) is 6.07 Å². The maximum atomic E-state index is 8.51. The number of nitriles is 1. The Morgan fingerprint density at radius 2 is 2.43 bits per heavy atom. The van der Waals surface area contributed by atoms with Crippen molar-refractivity contribution in [3.63, 3.8) is 0 Å². The molecule has 2 rings (SSSR count). The standard InChI is InChI=1S/C9H8N4O/c1-7-2-3-8(14-7)5-13-6-11-9(4-10)12-13/h2-3,6H,5H2,1H3. The number of furan rings is 1. The third-order valence-electron chi connectivity index (χ3n) is 1.75. The Bertz CT molecular complexity index is 477. The summed E-state index contributed by atoms with van der Waals surface area (Å²) in [7, 11) is 0. The Balaban J connectivity index is 2.15. The molecule has 0 amide bonds. The molecular formula is C9H8N4O. The highest BCUT2D eigenvalue weighted by atomic mass is 16.3. The van der Waals surface area contributed by atoms with Crippen LogP contribution in [-0.4, -0.2) is 14.8 Å². The van der Waals surface area contributed by atoms with Gasteiger partial charge < -0.3 is 4.42 Å². The zero-order valence-corrected chi connectivity index (χ0v) is 7.64. The van der Waals surface area contributed by atoms with Crippen molar-refractivity contribution < 1.29 is 4.42 Å². The van der Waals surface area contributed by atoms with E-state index in [0.29, 0.717) is 6.54 Å². The Kier molecular flexibility index (Phi) is 2.03. The van der Waals surface area contributed by atoms with E-state index in [1.165, 1.54) is 6.33 Å². The zero-order valence-electron chi connectivity index (χ0n) is 7.64. The minimum atomic E-state index is 0.174. The van der Waals surface area contributed by atoms with E-state index in [4.69, 9.17) is 9.68 Å². The Labute approximate surface area is 80.6 Å². The molecule has 0 saturated heterocycles. The first-order valence-electron chi connectivity index (χ1n) is 4.13. The maximum Gasteiger partial charge on any atom is 0.252 e. The number of aryl methyl sites for hydroxylation is 1. The average Bonchev–Trinajstić information content (AvgIpc) is 2.76. The van der Waals surface area contributed by atoms with Crippen LogP contribution in [0.25, 0.3) is 0 Å². The monoisotopic (exact) mass is 188 g/mol. The van der Waals surface area contributed by atoms with Crippen molar-refractivity contribution in [2.75, 3.05) is 0 Å². The molecule has 0 aliphatic heterocycles. The van der Waals surface area contributed by atoms with Crippen LogP contribution in [0.1, 0.15) is 17.3 Å². The molecule has 0 aromatic carbocycles. The second-order valence-electron chi connectivity index (χ2n) is 2.89. The van der Waals surface area contributed by atoms with Gasteiger partial charge in [-0.1, -0.05) is 0 Å². The molecule has 2 aromatic heterocycles. The van der Waals surface area contributed by atoms with Crippen LogP contribution in [0.3, 0.4) is 0 Å². The van der Waals surface area contributed by atoms with Gasteiger partial charge in [0.05, 0.1) is 0 Å². The van der Waals surface area contributed by atoms with Crippen molar-refractivity contribution in [1.82, 2.24) is 14.8 Å². The van der Waals surface area contributed by atoms with Crippen LogP contribution in [0.15, 0.2) is 22.9 Å². The molecule has 0 radical (unpaired) electrons. The second kappa shape index (κ2) is 3.34. The van der Waals surface area contributed by atoms with Gasteiger partial charge in [0.2, 0.25) is 0 Å². The van der Waals surface area contributed by atoms with Crippen molar-refractivity contribution in [1.29, 1.82) is 5.26 Å². The molecule has 70 valence electrons. The van der Waals surface area contributed by atoms with Gasteiger partial charge in [-0.15, -0.1) is 5.10 Å². The number of aromatic nitrogens is 3. The van der Waals surface area contributed by atoms with E-state index in [1.807, 2.05) is 25.1 Å². The summed E-state index contributed by atoms with van der Waals surface area (Å²) in [6, 6.07) is 5.63. The molecule has 5 nitrogen and oxygen atoms in total. The summed E-state index contributed by atoms with van der Waals surface area (Å²) in [6.45, 7) is 2.38. The molecule has 0 saturated carbocycles. The molecule has 0 atom stereocenters. The van der Waals surface area contributed by atoms with Gasteiger partial charge in [0.15, 0.2) is 0 Å². The molecule has 5 heteroatoms. The molecule has 14 heavy (non-hydrogen) atoms. The minimum absolute atomic E-state index is 0.174. The van der Waals surface area contributed by atoms with Crippen molar-refractivity contribution in [3.05, 3.63) is 35.8 Å². The lowest BCUT2D eigenvalue weighted by Gasteiger charge is -1.94. The number of nitrogens with zero attached hydrogens (tertiary/aromatic N) is 4. The minimum Gasteiger partial charge on any atom is -0.464 e. The van der Waals surface area contributed by atoms with Crippen molar-refractivity contribution >= 4 is 0 Å². The van der Waals surface area contributed by atoms with Crippen LogP contribution in [-0.2, 0) is 6.54 Å². The molecule has 0 aliphatic rings. The van der Waals surface area contributed by atoms with Crippen LogP contribution in [0.2, 0.25) is 0 Å². The molecule has 0 bridgehead atoms.